The molecule has 0 aliphatic rings. The number of halogens is 1. The summed E-state index contributed by atoms with van der Waals surface area (Å²) in [5.41, 5.74) is 1.41. The first-order valence-electron chi connectivity index (χ1n) is 10.3. The summed E-state index contributed by atoms with van der Waals surface area (Å²) in [5, 5.41) is 3.41. The lowest BCUT2D eigenvalue weighted by atomic mass is 10.1. The molecule has 1 heterocycles. The molecule has 1 N–H and O–H groups in total. The number of ether oxygens (including phenoxy) is 1. The van der Waals surface area contributed by atoms with Gasteiger partial charge in [0.2, 0.25) is 5.78 Å². The maximum Gasteiger partial charge on any atom is 0.255 e. The van der Waals surface area contributed by atoms with Crippen molar-refractivity contribution in [2.75, 3.05) is 11.9 Å². The Kier molecular flexibility index (Phi) is 6.03. The van der Waals surface area contributed by atoms with E-state index in [0.29, 0.717) is 34.8 Å². The van der Waals surface area contributed by atoms with E-state index >= 15 is 0 Å². The standard InChI is InChI=1S/C26H22FNO4/c1-16(2)15-31-20-13-9-18(10-14-20)26(30)28-23-21-5-3-4-6-22(21)32-25(23)24(29)17-7-11-19(27)12-8-17/h3-14,16H,15H2,1-2H3,(H,28,30). The van der Waals surface area contributed by atoms with E-state index in [-0.39, 0.29) is 22.9 Å². The summed E-state index contributed by atoms with van der Waals surface area (Å²) < 4.78 is 24.7. The minimum atomic E-state index is -0.450. The summed E-state index contributed by atoms with van der Waals surface area (Å²) in [5.74, 6) is -0.224. The molecule has 0 saturated carbocycles. The molecule has 0 radical (unpaired) electrons. The average Bonchev–Trinajstić information content (AvgIpc) is 3.16. The molecular formula is C26H22FNO4. The molecule has 32 heavy (non-hydrogen) atoms. The van der Waals surface area contributed by atoms with Crippen molar-refractivity contribution < 1.29 is 23.1 Å². The van der Waals surface area contributed by atoms with Gasteiger partial charge in [-0.1, -0.05) is 26.0 Å². The third-order valence-corrected chi connectivity index (χ3v) is 4.85. The van der Waals surface area contributed by atoms with Gasteiger partial charge in [-0.2, -0.15) is 0 Å². The Hall–Kier alpha value is -3.93. The quantitative estimate of drug-likeness (QED) is 0.360. The number of nitrogens with one attached hydrogen (secondary N) is 1. The number of para-hydroxylation sites is 1. The molecule has 1 aromatic heterocycles. The second-order valence-corrected chi connectivity index (χ2v) is 7.82. The maximum absolute atomic E-state index is 13.3. The van der Waals surface area contributed by atoms with Crippen LogP contribution in [-0.2, 0) is 0 Å². The van der Waals surface area contributed by atoms with E-state index in [1.54, 1.807) is 48.5 Å². The predicted octanol–water partition coefficient (Wildman–Crippen LogP) is 6.09. The number of furan rings is 1. The Morgan fingerprint density at radius 1 is 0.938 bits per heavy atom. The molecule has 0 bridgehead atoms. The lowest BCUT2D eigenvalue weighted by Crippen LogP contribution is -2.14. The molecule has 0 aliphatic carbocycles. The van der Waals surface area contributed by atoms with E-state index in [1.807, 2.05) is 0 Å². The van der Waals surface area contributed by atoms with Gasteiger partial charge in [-0.3, -0.25) is 9.59 Å². The molecule has 4 rings (SSSR count). The third-order valence-electron chi connectivity index (χ3n) is 4.85. The summed E-state index contributed by atoms with van der Waals surface area (Å²) in [7, 11) is 0. The van der Waals surface area contributed by atoms with Crippen LogP contribution in [0.3, 0.4) is 0 Å². The molecule has 0 aliphatic heterocycles. The van der Waals surface area contributed by atoms with Crippen molar-refractivity contribution in [3.05, 3.63) is 95.5 Å². The fraction of sp³-hybridized carbons (Fsp3) is 0.154. The number of hydrogen-bond acceptors (Lipinski definition) is 4. The van der Waals surface area contributed by atoms with Gasteiger partial charge in [0.1, 0.15) is 17.1 Å². The van der Waals surface area contributed by atoms with Gasteiger partial charge in [0.05, 0.1) is 12.3 Å². The van der Waals surface area contributed by atoms with E-state index in [4.69, 9.17) is 9.15 Å². The van der Waals surface area contributed by atoms with Crippen LogP contribution in [0, 0.1) is 11.7 Å². The van der Waals surface area contributed by atoms with Crippen molar-refractivity contribution >= 4 is 28.3 Å². The number of fused-ring (bicyclic) bond motifs is 1. The van der Waals surface area contributed by atoms with Crippen LogP contribution in [0.4, 0.5) is 10.1 Å². The van der Waals surface area contributed by atoms with Crippen LogP contribution >= 0.6 is 0 Å². The first kappa shape index (κ1) is 21.3. The highest BCUT2D eigenvalue weighted by Gasteiger charge is 2.23. The van der Waals surface area contributed by atoms with Crippen molar-refractivity contribution in [2.24, 2.45) is 5.92 Å². The zero-order valence-electron chi connectivity index (χ0n) is 17.7. The molecule has 5 nitrogen and oxygen atoms in total. The van der Waals surface area contributed by atoms with Gasteiger partial charge in [0.25, 0.3) is 5.91 Å². The van der Waals surface area contributed by atoms with E-state index in [1.165, 1.54) is 24.3 Å². The molecular weight excluding hydrogens is 409 g/mol. The molecule has 0 atom stereocenters. The summed E-state index contributed by atoms with van der Waals surface area (Å²) in [6.07, 6.45) is 0. The van der Waals surface area contributed by atoms with Gasteiger partial charge < -0.3 is 14.5 Å². The summed E-state index contributed by atoms with van der Waals surface area (Å²) >= 11 is 0. The second kappa shape index (κ2) is 9.06. The predicted molar refractivity (Wildman–Crippen MR) is 121 cm³/mol. The van der Waals surface area contributed by atoms with Crippen molar-refractivity contribution in [1.82, 2.24) is 0 Å². The largest absolute Gasteiger partial charge is 0.493 e. The SMILES string of the molecule is CC(C)COc1ccc(C(=O)Nc2c(C(=O)c3ccc(F)cc3)oc3ccccc23)cc1. The van der Waals surface area contributed by atoms with Gasteiger partial charge >= 0.3 is 0 Å². The van der Waals surface area contributed by atoms with E-state index in [2.05, 4.69) is 19.2 Å². The fourth-order valence-corrected chi connectivity index (χ4v) is 3.21. The van der Waals surface area contributed by atoms with Crippen molar-refractivity contribution in [3.63, 3.8) is 0 Å². The summed E-state index contributed by atoms with van der Waals surface area (Å²) in [6, 6.07) is 19.0. The molecule has 3 aromatic carbocycles. The lowest BCUT2D eigenvalue weighted by molar-refractivity contribution is 0.101. The van der Waals surface area contributed by atoms with Crippen molar-refractivity contribution in [3.8, 4) is 5.75 Å². The third kappa shape index (κ3) is 4.54. The van der Waals surface area contributed by atoms with Gasteiger partial charge in [-0.25, -0.2) is 4.39 Å². The number of ketones is 1. The Labute approximate surface area is 184 Å². The highest BCUT2D eigenvalue weighted by Crippen LogP contribution is 2.33. The Bertz CT molecular complexity index is 1260. The first-order chi connectivity index (χ1) is 15.4. The van der Waals surface area contributed by atoms with Crippen molar-refractivity contribution in [1.29, 1.82) is 0 Å². The van der Waals surface area contributed by atoms with Gasteiger partial charge in [-0.05, 0) is 66.6 Å². The topological polar surface area (TPSA) is 68.5 Å². The van der Waals surface area contributed by atoms with E-state index in [0.717, 1.165) is 0 Å². The van der Waals surface area contributed by atoms with Crippen LogP contribution in [0.15, 0.2) is 77.2 Å². The number of carbonyl (C=O) groups excluding carboxylic acids is 2. The minimum absolute atomic E-state index is 0.0111. The number of anilines is 1. The Morgan fingerprint density at radius 2 is 1.59 bits per heavy atom. The fourth-order valence-electron chi connectivity index (χ4n) is 3.21. The number of rotatable bonds is 7. The van der Waals surface area contributed by atoms with Crippen LogP contribution in [0.1, 0.15) is 40.3 Å². The van der Waals surface area contributed by atoms with Crippen LogP contribution in [0.5, 0.6) is 5.75 Å². The molecule has 0 spiro atoms. The van der Waals surface area contributed by atoms with Gasteiger partial charge in [-0.15, -0.1) is 0 Å². The Balaban J connectivity index is 1.63. The zero-order valence-corrected chi connectivity index (χ0v) is 17.7. The van der Waals surface area contributed by atoms with E-state index in [9.17, 15) is 14.0 Å². The molecule has 6 heteroatoms. The molecule has 0 fully saturated rings. The maximum atomic E-state index is 13.3. The molecule has 1 amide bonds. The van der Waals surface area contributed by atoms with Crippen LogP contribution < -0.4 is 10.1 Å². The van der Waals surface area contributed by atoms with Crippen LogP contribution in [0.25, 0.3) is 11.0 Å². The monoisotopic (exact) mass is 431 g/mol. The number of hydrogen-bond donors (Lipinski definition) is 1. The second-order valence-electron chi connectivity index (χ2n) is 7.82. The molecule has 0 unspecified atom stereocenters. The first-order valence-corrected chi connectivity index (χ1v) is 10.3. The normalized spacial score (nSPS) is 11.0. The van der Waals surface area contributed by atoms with E-state index < -0.39 is 11.6 Å². The number of amides is 1. The summed E-state index contributed by atoms with van der Waals surface area (Å²) in [6.45, 7) is 4.70. The lowest BCUT2D eigenvalue weighted by Gasteiger charge is -2.10. The van der Waals surface area contributed by atoms with Gasteiger partial charge in [0.15, 0.2) is 5.76 Å². The van der Waals surface area contributed by atoms with Crippen LogP contribution in [-0.4, -0.2) is 18.3 Å². The minimum Gasteiger partial charge on any atom is -0.493 e. The molecule has 4 aromatic rings. The highest BCUT2D eigenvalue weighted by atomic mass is 19.1. The van der Waals surface area contributed by atoms with Gasteiger partial charge in [0, 0.05) is 16.5 Å². The zero-order chi connectivity index (χ0) is 22.7. The smallest absolute Gasteiger partial charge is 0.255 e. The summed E-state index contributed by atoms with van der Waals surface area (Å²) in [4.78, 5) is 26.0. The highest BCUT2D eigenvalue weighted by molar-refractivity contribution is 6.18. The molecule has 162 valence electrons. The number of carbonyl (C=O) groups is 2. The molecule has 0 saturated heterocycles. The average molecular weight is 431 g/mol. The van der Waals surface area contributed by atoms with Crippen molar-refractivity contribution in [2.45, 2.75) is 13.8 Å². The number of benzene rings is 3. The Morgan fingerprint density at radius 3 is 2.28 bits per heavy atom. The van der Waals surface area contributed by atoms with Crippen LogP contribution in [0.2, 0.25) is 0 Å².